The van der Waals surface area contributed by atoms with Gasteiger partial charge in [0, 0.05) is 23.7 Å². The zero-order valence-corrected chi connectivity index (χ0v) is 12.4. The lowest BCUT2D eigenvalue weighted by molar-refractivity contribution is 0.318. The van der Waals surface area contributed by atoms with Crippen LogP contribution in [0.1, 0.15) is 23.9 Å². The summed E-state index contributed by atoms with van der Waals surface area (Å²) in [6.45, 7) is 4.06. The second-order valence-corrected chi connectivity index (χ2v) is 4.84. The summed E-state index contributed by atoms with van der Waals surface area (Å²) in [4.78, 5) is 0. The van der Waals surface area contributed by atoms with Crippen molar-refractivity contribution in [1.29, 1.82) is 0 Å². The Morgan fingerprint density at radius 1 is 1.48 bits per heavy atom. The Bertz CT molecular complexity index is 639. The lowest BCUT2D eigenvalue weighted by Crippen LogP contribution is -2.17. The molecule has 0 saturated carbocycles. The monoisotopic (exact) mass is 308 g/mol. The predicted octanol–water partition coefficient (Wildman–Crippen LogP) is 1.34. The maximum absolute atomic E-state index is 8.64. The Kier molecular flexibility index (Phi) is 5.13. The lowest BCUT2D eigenvalue weighted by Gasteiger charge is -2.08. The number of hydrogen-bond acceptors (Lipinski definition) is 5. The van der Waals surface area contributed by atoms with Crippen LogP contribution < -0.4 is 11.1 Å². The van der Waals surface area contributed by atoms with Gasteiger partial charge in [-0.3, -0.25) is 0 Å². The van der Waals surface area contributed by atoms with Crippen molar-refractivity contribution in [2.75, 3.05) is 0 Å². The Morgan fingerprint density at radius 3 is 2.95 bits per heavy atom. The number of halogens is 1. The van der Waals surface area contributed by atoms with Gasteiger partial charge in [0.05, 0.1) is 6.54 Å². The van der Waals surface area contributed by atoms with Crippen molar-refractivity contribution in [2.45, 2.75) is 26.6 Å². The van der Waals surface area contributed by atoms with Gasteiger partial charge in [-0.05, 0) is 18.6 Å². The molecule has 0 unspecified atom stereocenters. The zero-order chi connectivity index (χ0) is 15.2. The maximum Gasteiger partial charge on any atom is 0.170 e. The molecular weight excluding hydrogens is 292 g/mol. The van der Waals surface area contributed by atoms with Crippen molar-refractivity contribution in [3.8, 4) is 0 Å². The van der Waals surface area contributed by atoms with Crippen LogP contribution in [0.2, 0.25) is 5.02 Å². The third-order valence-electron chi connectivity index (χ3n) is 3.09. The van der Waals surface area contributed by atoms with E-state index in [9.17, 15) is 0 Å². The van der Waals surface area contributed by atoms with Crippen LogP contribution in [-0.4, -0.2) is 25.8 Å². The number of oxime groups is 1. The second-order valence-electron chi connectivity index (χ2n) is 4.43. The van der Waals surface area contributed by atoms with Crippen molar-refractivity contribution in [3.63, 3.8) is 0 Å². The number of nitrogens with two attached hydrogens (primary N) is 1. The molecule has 2 rings (SSSR count). The molecule has 1 aromatic heterocycles. The zero-order valence-electron chi connectivity index (χ0n) is 11.6. The van der Waals surface area contributed by atoms with Crippen LogP contribution in [0.3, 0.4) is 0 Å². The van der Waals surface area contributed by atoms with Crippen LogP contribution in [0.4, 0.5) is 0 Å². The van der Waals surface area contributed by atoms with E-state index in [0.29, 0.717) is 23.7 Å². The first kappa shape index (κ1) is 15.3. The standard InChI is InChI=1S/C13H17ClN6O/c1-2-20-8-17-18-12(20)7-16-6-10-4-3-9(5-11(10)14)13(15)19-21/h3-5,8,16,21H,2,6-7H2,1H3,(H2,15,19). The third kappa shape index (κ3) is 3.71. The molecule has 0 saturated heterocycles. The van der Waals surface area contributed by atoms with Crippen molar-refractivity contribution < 1.29 is 5.21 Å². The van der Waals surface area contributed by atoms with Crippen molar-refractivity contribution in [2.24, 2.45) is 10.9 Å². The Morgan fingerprint density at radius 2 is 2.29 bits per heavy atom. The van der Waals surface area contributed by atoms with Gasteiger partial charge in [0.2, 0.25) is 0 Å². The lowest BCUT2D eigenvalue weighted by atomic mass is 10.1. The summed E-state index contributed by atoms with van der Waals surface area (Å²) < 4.78 is 1.97. The molecule has 0 aliphatic heterocycles. The van der Waals surface area contributed by atoms with Crippen molar-refractivity contribution in [1.82, 2.24) is 20.1 Å². The number of benzene rings is 1. The smallest absolute Gasteiger partial charge is 0.170 e. The molecule has 7 nitrogen and oxygen atoms in total. The summed E-state index contributed by atoms with van der Waals surface area (Å²) in [6.07, 6.45) is 1.70. The highest BCUT2D eigenvalue weighted by atomic mass is 35.5. The molecule has 1 aromatic carbocycles. The fourth-order valence-electron chi connectivity index (χ4n) is 1.90. The number of amidine groups is 1. The van der Waals surface area contributed by atoms with E-state index >= 15 is 0 Å². The highest BCUT2D eigenvalue weighted by Crippen LogP contribution is 2.18. The molecule has 0 aliphatic rings. The number of aromatic nitrogens is 3. The number of nitrogens with one attached hydrogen (secondary N) is 1. The Hall–Kier alpha value is -2.12. The fourth-order valence-corrected chi connectivity index (χ4v) is 2.14. The van der Waals surface area contributed by atoms with Crippen LogP contribution in [0.15, 0.2) is 29.7 Å². The van der Waals surface area contributed by atoms with E-state index in [0.717, 1.165) is 17.9 Å². The summed E-state index contributed by atoms with van der Waals surface area (Å²) in [6, 6.07) is 5.27. The number of nitrogens with zero attached hydrogens (tertiary/aromatic N) is 4. The molecule has 0 spiro atoms. The van der Waals surface area contributed by atoms with Crippen LogP contribution in [-0.2, 0) is 19.6 Å². The molecule has 2 aromatic rings. The average molecular weight is 309 g/mol. The SMILES string of the molecule is CCn1cnnc1CNCc1ccc(/C(N)=N/O)cc1Cl. The molecule has 1 heterocycles. The summed E-state index contributed by atoms with van der Waals surface area (Å²) in [7, 11) is 0. The molecule has 0 atom stereocenters. The number of hydrogen-bond donors (Lipinski definition) is 3. The quantitative estimate of drug-likeness (QED) is 0.323. The van der Waals surface area contributed by atoms with Gasteiger partial charge in [-0.1, -0.05) is 28.9 Å². The summed E-state index contributed by atoms with van der Waals surface area (Å²) in [5.41, 5.74) is 7.02. The van der Waals surface area contributed by atoms with Crippen LogP contribution in [0.5, 0.6) is 0 Å². The highest BCUT2D eigenvalue weighted by Gasteiger charge is 2.06. The van der Waals surface area contributed by atoms with Gasteiger partial charge in [0.25, 0.3) is 0 Å². The summed E-state index contributed by atoms with van der Waals surface area (Å²) in [5.74, 6) is 0.911. The van der Waals surface area contributed by atoms with Crippen LogP contribution in [0.25, 0.3) is 0 Å². The van der Waals surface area contributed by atoms with Crippen LogP contribution in [0, 0.1) is 0 Å². The molecule has 0 aliphatic carbocycles. The van der Waals surface area contributed by atoms with E-state index in [1.54, 1.807) is 18.5 Å². The van der Waals surface area contributed by atoms with Gasteiger partial charge in [-0.2, -0.15) is 0 Å². The first-order valence-electron chi connectivity index (χ1n) is 6.49. The molecule has 0 amide bonds. The van der Waals surface area contributed by atoms with Gasteiger partial charge in [0.15, 0.2) is 5.84 Å². The topological polar surface area (TPSA) is 101 Å². The predicted molar refractivity (Wildman–Crippen MR) is 80.2 cm³/mol. The average Bonchev–Trinajstić information content (AvgIpc) is 2.95. The van der Waals surface area contributed by atoms with E-state index in [2.05, 4.69) is 20.7 Å². The largest absolute Gasteiger partial charge is 0.409 e. The minimum absolute atomic E-state index is 0.0347. The third-order valence-corrected chi connectivity index (χ3v) is 3.44. The van der Waals surface area contributed by atoms with Crippen molar-refractivity contribution >= 4 is 17.4 Å². The molecule has 21 heavy (non-hydrogen) atoms. The molecule has 0 bridgehead atoms. The molecule has 112 valence electrons. The van der Waals surface area contributed by atoms with E-state index < -0.39 is 0 Å². The summed E-state index contributed by atoms with van der Waals surface area (Å²) >= 11 is 6.18. The molecular formula is C13H17ClN6O. The normalized spacial score (nSPS) is 11.8. The van der Waals surface area contributed by atoms with Gasteiger partial charge < -0.3 is 20.8 Å². The van der Waals surface area contributed by atoms with Gasteiger partial charge in [0.1, 0.15) is 12.2 Å². The minimum Gasteiger partial charge on any atom is -0.409 e. The first-order chi connectivity index (χ1) is 10.2. The van der Waals surface area contributed by atoms with Gasteiger partial charge >= 0.3 is 0 Å². The molecule has 0 fully saturated rings. The summed E-state index contributed by atoms with van der Waals surface area (Å²) in [5, 5.41) is 23.3. The fraction of sp³-hybridized carbons (Fsp3) is 0.308. The number of aryl methyl sites for hydroxylation is 1. The van der Waals surface area contributed by atoms with Gasteiger partial charge in [-0.15, -0.1) is 10.2 Å². The highest BCUT2D eigenvalue weighted by molar-refractivity contribution is 6.31. The van der Waals surface area contributed by atoms with E-state index in [1.807, 2.05) is 17.6 Å². The number of rotatable bonds is 6. The molecule has 8 heteroatoms. The maximum atomic E-state index is 8.64. The van der Waals surface area contributed by atoms with E-state index in [1.165, 1.54) is 0 Å². The van der Waals surface area contributed by atoms with E-state index in [-0.39, 0.29) is 5.84 Å². The second kappa shape index (κ2) is 7.05. The minimum atomic E-state index is 0.0347. The van der Waals surface area contributed by atoms with Crippen LogP contribution >= 0.6 is 11.6 Å². The van der Waals surface area contributed by atoms with Crippen molar-refractivity contribution in [3.05, 3.63) is 46.5 Å². The Labute approximate surface area is 127 Å². The van der Waals surface area contributed by atoms with Gasteiger partial charge in [-0.25, -0.2) is 0 Å². The Balaban J connectivity index is 1.98. The molecule has 4 N–H and O–H groups in total. The molecule has 0 radical (unpaired) electrons. The van der Waals surface area contributed by atoms with E-state index in [4.69, 9.17) is 22.5 Å². The first-order valence-corrected chi connectivity index (χ1v) is 6.87.